The summed E-state index contributed by atoms with van der Waals surface area (Å²) in [5.74, 6) is -1.95. The first-order valence-corrected chi connectivity index (χ1v) is 13.2. The Bertz CT molecular complexity index is 1570. The summed E-state index contributed by atoms with van der Waals surface area (Å²) in [6.45, 7) is 9.65. The summed E-state index contributed by atoms with van der Waals surface area (Å²) in [5.41, 5.74) is 7.18. The van der Waals surface area contributed by atoms with Crippen molar-refractivity contribution in [3.8, 4) is 11.1 Å². The van der Waals surface area contributed by atoms with Crippen LogP contribution in [0.2, 0.25) is 0 Å². The number of fused-ring (bicyclic) bond motifs is 1. The van der Waals surface area contributed by atoms with Crippen molar-refractivity contribution in [2.45, 2.75) is 53.9 Å². The van der Waals surface area contributed by atoms with Gasteiger partial charge in [0.15, 0.2) is 0 Å². The third kappa shape index (κ3) is 5.06. The zero-order valence-electron chi connectivity index (χ0n) is 21.2. The molecule has 0 aromatic carbocycles. The number of nitrogens with zero attached hydrogens (tertiary/aromatic N) is 5. The van der Waals surface area contributed by atoms with E-state index < -0.39 is 29.6 Å². The van der Waals surface area contributed by atoms with Gasteiger partial charge in [-0.3, -0.25) is 19.0 Å². The number of anilines is 1. The molecule has 0 fully saturated rings. The van der Waals surface area contributed by atoms with Crippen LogP contribution in [0.25, 0.3) is 21.3 Å². The van der Waals surface area contributed by atoms with Crippen molar-refractivity contribution in [2.75, 3.05) is 5.32 Å². The van der Waals surface area contributed by atoms with Gasteiger partial charge >= 0.3 is 6.18 Å². The van der Waals surface area contributed by atoms with Crippen molar-refractivity contribution in [2.24, 2.45) is 11.7 Å². The number of nitrogens with one attached hydrogen (secondary N) is 1. The maximum absolute atomic E-state index is 13.8. The molecule has 4 aromatic heterocycles. The molecule has 0 radical (unpaired) electrons. The third-order valence-corrected chi connectivity index (χ3v) is 8.42. The maximum atomic E-state index is 13.8. The predicted molar refractivity (Wildman–Crippen MR) is 142 cm³/mol. The molecule has 4 rings (SSSR count). The monoisotopic (exact) mass is 611 g/mol. The van der Waals surface area contributed by atoms with Gasteiger partial charge in [-0.15, -0.1) is 11.3 Å². The average molecular weight is 612 g/mol. The molecule has 3 N–H and O–H groups in total. The number of alkyl halides is 3. The molecule has 1 unspecified atom stereocenters. The largest absolute Gasteiger partial charge is 0.433 e. The topological polar surface area (TPSA) is 121 Å². The van der Waals surface area contributed by atoms with Crippen molar-refractivity contribution >= 4 is 55.0 Å². The molecule has 0 aliphatic carbocycles. The highest BCUT2D eigenvalue weighted by molar-refractivity contribution is 9.10. The third-order valence-electron chi connectivity index (χ3n) is 6.17. The Kier molecular flexibility index (Phi) is 7.40. The van der Waals surface area contributed by atoms with Gasteiger partial charge in [0.1, 0.15) is 15.4 Å². The van der Waals surface area contributed by atoms with Crippen LogP contribution >= 0.6 is 27.3 Å². The smallest absolute Gasteiger partial charge is 0.365 e. The van der Waals surface area contributed by atoms with Crippen LogP contribution in [0, 0.1) is 26.7 Å². The number of primary amides is 1. The van der Waals surface area contributed by atoms with Gasteiger partial charge in [-0.25, -0.2) is 4.98 Å². The zero-order chi connectivity index (χ0) is 28.1. The van der Waals surface area contributed by atoms with Gasteiger partial charge in [-0.1, -0.05) is 6.92 Å². The number of carbonyl (C=O) groups is 2. The summed E-state index contributed by atoms with van der Waals surface area (Å²) in [4.78, 5) is 29.3. The number of halogens is 4. The Labute approximate surface area is 228 Å². The summed E-state index contributed by atoms with van der Waals surface area (Å²) in [7, 11) is 0. The van der Waals surface area contributed by atoms with Crippen LogP contribution in [-0.2, 0) is 24.1 Å². The average Bonchev–Trinajstić information content (AvgIpc) is 3.48. The molecule has 0 saturated heterocycles. The van der Waals surface area contributed by atoms with Crippen LogP contribution < -0.4 is 11.1 Å². The normalized spacial score (nSPS) is 12.8. The molecular weight excluding hydrogens is 587 g/mol. The standard InChI is InChI=1S/C24H25BrF3N7O2S/c1-6-34-9-15(11(3)32-34)14-7-16(24(26,27)28)30-23-17(14)19(20(38-23)21(29)36)31-22(37)10(2)8-35-13(5)18(25)12(4)33-35/h7,9-10H,6,8H2,1-5H3,(H2,29,36)(H,31,37). The molecule has 38 heavy (non-hydrogen) atoms. The fourth-order valence-corrected chi connectivity index (χ4v) is 5.43. The minimum Gasteiger partial charge on any atom is -0.365 e. The molecule has 0 saturated carbocycles. The molecule has 9 nitrogen and oxygen atoms in total. The van der Waals surface area contributed by atoms with Gasteiger partial charge < -0.3 is 11.1 Å². The van der Waals surface area contributed by atoms with Crippen LogP contribution in [0.3, 0.4) is 0 Å². The summed E-state index contributed by atoms with van der Waals surface area (Å²) in [5, 5.41) is 11.7. The second-order valence-corrected chi connectivity index (χ2v) is 10.7. The molecule has 202 valence electrons. The number of pyridine rings is 1. The van der Waals surface area contributed by atoms with E-state index in [-0.39, 0.29) is 32.9 Å². The number of aryl methyl sites for hydroxylation is 3. The lowest BCUT2D eigenvalue weighted by Gasteiger charge is -2.15. The summed E-state index contributed by atoms with van der Waals surface area (Å²) in [6, 6.07) is 0.913. The minimum absolute atomic E-state index is 0.0313. The van der Waals surface area contributed by atoms with Crippen LogP contribution in [-0.4, -0.2) is 36.4 Å². The van der Waals surface area contributed by atoms with Crippen molar-refractivity contribution in [1.82, 2.24) is 24.5 Å². The van der Waals surface area contributed by atoms with E-state index in [1.807, 2.05) is 20.8 Å². The van der Waals surface area contributed by atoms with E-state index in [9.17, 15) is 22.8 Å². The zero-order valence-corrected chi connectivity index (χ0v) is 23.6. The van der Waals surface area contributed by atoms with Crippen molar-refractivity contribution in [3.05, 3.63) is 44.4 Å². The van der Waals surface area contributed by atoms with E-state index in [1.54, 1.807) is 29.4 Å². The van der Waals surface area contributed by atoms with Gasteiger partial charge in [-0.05, 0) is 55.3 Å². The molecule has 0 aliphatic heterocycles. The van der Waals surface area contributed by atoms with Crippen molar-refractivity contribution in [3.63, 3.8) is 0 Å². The first-order chi connectivity index (χ1) is 17.7. The second kappa shape index (κ2) is 10.1. The predicted octanol–water partition coefficient (Wildman–Crippen LogP) is 5.46. The van der Waals surface area contributed by atoms with E-state index in [4.69, 9.17) is 5.73 Å². The molecule has 4 aromatic rings. The number of rotatable bonds is 7. The molecule has 4 heterocycles. The van der Waals surface area contributed by atoms with E-state index in [1.165, 1.54) is 0 Å². The molecule has 1 atom stereocenters. The van der Waals surface area contributed by atoms with E-state index >= 15 is 0 Å². The lowest BCUT2D eigenvalue weighted by Crippen LogP contribution is -2.26. The van der Waals surface area contributed by atoms with Gasteiger partial charge in [0.2, 0.25) is 5.91 Å². The highest BCUT2D eigenvalue weighted by Gasteiger charge is 2.35. The number of carbonyl (C=O) groups excluding carboxylic acids is 2. The van der Waals surface area contributed by atoms with Gasteiger partial charge in [0, 0.05) is 29.4 Å². The summed E-state index contributed by atoms with van der Waals surface area (Å²) < 4.78 is 45.5. The van der Waals surface area contributed by atoms with Gasteiger partial charge in [-0.2, -0.15) is 23.4 Å². The molecule has 0 aliphatic rings. The molecule has 2 amide bonds. The minimum atomic E-state index is -4.74. The molecule has 0 spiro atoms. The molecular formula is C24H25BrF3N7O2S. The SMILES string of the molecule is CCn1cc(-c2cc(C(F)(F)F)nc3sc(C(N)=O)c(NC(=O)C(C)Cn4nc(C)c(Br)c4C)c23)c(C)n1. The summed E-state index contributed by atoms with van der Waals surface area (Å²) >= 11 is 4.17. The van der Waals surface area contributed by atoms with E-state index in [0.29, 0.717) is 29.1 Å². The van der Waals surface area contributed by atoms with Crippen LogP contribution in [0.4, 0.5) is 18.9 Å². The lowest BCUT2D eigenvalue weighted by molar-refractivity contribution is -0.140. The van der Waals surface area contributed by atoms with Crippen LogP contribution in [0.5, 0.6) is 0 Å². The number of aromatic nitrogens is 5. The Morgan fingerprint density at radius 3 is 2.39 bits per heavy atom. The van der Waals surface area contributed by atoms with Gasteiger partial charge in [0.05, 0.1) is 34.0 Å². The molecule has 0 bridgehead atoms. The van der Waals surface area contributed by atoms with Crippen LogP contribution in [0.1, 0.15) is 46.3 Å². The highest BCUT2D eigenvalue weighted by atomic mass is 79.9. The fraction of sp³-hybridized carbons (Fsp3) is 0.375. The Balaban J connectivity index is 1.86. The summed E-state index contributed by atoms with van der Waals surface area (Å²) in [6.07, 6.45) is -3.11. The Morgan fingerprint density at radius 1 is 1.18 bits per heavy atom. The van der Waals surface area contributed by atoms with Gasteiger partial charge in [0.25, 0.3) is 5.91 Å². The van der Waals surface area contributed by atoms with E-state index in [2.05, 4.69) is 36.4 Å². The molecule has 14 heteroatoms. The number of hydrogen-bond donors (Lipinski definition) is 2. The lowest BCUT2D eigenvalue weighted by atomic mass is 10.0. The fourth-order valence-electron chi connectivity index (χ4n) is 4.13. The number of amides is 2. The van der Waals surface area contributed by atoms with Crippen molar-refractivity contribution in [1.29, 1.82) is 0 Å². The number of thiophene rings is 1. The van der Waals surface area contributed by atoms with Crippen molar-refractivity contribution < 1.29 is 22.8 Å². The Morgan fingerprint density at radius 2 is 1.87 bits per heavy atom. The maximum Gasteiger partial charge on any atom is 0.433 e. The first kappa shape index (κ1) is 27.8. The Hall–Kier alpha value is -3.26. The number of hydrogen-bond acceptors (Lipinski definition) is 6. The number of nitrogens with two attached hydrogens (primary N) is 1. The first-order valence-electron chi connectivity index (χ1n) is 11.6. The van der Waals surface area contributed by atoms with Crippen LogP contribution in [0.15, 0.2) is 16.7 Å². The van der Waals surface area contributed by atoms with E-state index in [0.717, 1.165) is 21.9 Å². The highest BCUT2D eigenvalue weighted by Crippen LogP contribution is 2.44. The quantitative estimate of drug-likeness (QED) is 0.287. The second-order valence-electron chi connectivity index (χ2n) is 8.94.